The van der Waals surface area contributed by atoms with Crippen molar-refractivity contribution in [2.24, 2.45) is 10.2 Å². The maximum Gasteiger partial charge on any atom is 0.184 e. The van der Waals surface area contributed by atoms with Crippen molar-refractivity contribution in [1.29, 1.82) is 0 Å². The van der Waals surface area contributed by atoms with Crippen LogP contribution in [0.1, 0.15) is 57.7 Å². The highest BCUT2D eigenvalue weighted by Crippen LogP contribution is 2.40. The SMILES string of the molecule is CC(=O)c1ccc(C(=O)CN=C(C)c2csc(-c3ccc4c(c3)CCC4)c2O)cc1N=O. The van der Waals surface area contributed by atoms with Crippen molar-refractivity contribution in [2.45, 2.75) is 33.1 Å². The minimum atomic E-state index is -0.307. The Morgan fingerprint density at radius 1 is 1.03 bits per heavy atom. The first-order chi connectivity index (χ1) is 15.4. The summed E-state index contributed by atoms with van der Waals surface area (Å²) in [6.07, 6.45) is 3.35. The molecule has 162 valence electrons. The Morgan fingerprint density at radius 2 is 1.81 bits per heavy atom. The number of carbonyl (C=O) groups is 2. The fourth-order valence-corrected chi connectivity index (χ4v) is 4.97. The van der Waals surface area contributed by atoms with Gasteiger partial charge in [0, 0.05) is 27.8 Å². The summed E-state index contributed by atoms with van der Waals surface area (Å²) in [6, 6.07) is 10.6. The molecule has 0 saturated carbocycles. The molecule has 0 unspecified atom stereocenters. The van der Waals surface area contributed by atoms with Crippen LogP contribution in [0.5, 0.6) is 5.75 Å². The zero-order valence-electron chi connectivity index (χ0n) is 17.8. The van der Waals surface area contributed by atoms with Gasteiger partial charge in [-0.1, -0.05) is 18.2 Å². The molecule has 0 radical (unpaired) electrons. The number of hydrogen-bond donors (Lipinski definition) is 1. The number of ketones is 2. The van der Waals surface area contributed by atoms with E-state index in [-0.39, 0.29) is 40.7 Å². The number of aromatic hydroxyl groups is 1. The molecular weight excluding hydrogens is 424 g/mol. The van der Waals surface area contributed by atoms with Gasteiger partial charge in [-0.3, -0.25) is 14.6 Å². The topological polar surface area (TPSA) is 96.2 Å². The summed E-state index contributed by atoms with van der Waals surface area (Å²) in [5.74, 6) is -0.433. The predicted octanol–water partition coefficient (Wildman–Crippen LogP) is 5.90. The smallest absolute Gasteiger partial charge is 0.184 e. The summed E-state index contributed by atoms with van der Waals surface area (Å²) in [5.41, 5.74) is 5.24. The lowest BCUT2D eigenvalue weighted by molar-refractivity contribution is 0.0995. The number of fused-ring (bicyclic) bond motifs is 1. The lowest BCUT2D eigenvalue weighted by atomic mass is 10.0. The number of nitroso groups, excluding NO2 is 1. The number of aliphatic imine (C=N–C) groups is 1. The average Bonchev–Trinajstić information content (AvgIpc) is 3.42. The van der Waals surface area contributed by atoms with Gasteiger partial charge in [-0.25, -0.2) is 0 Å². The summed E-state index contributed by atoms with van der Waals surface area (Å²) in [7, 11) is 0. The maximum absolute atomic E-state index is 12.6. The molecule has 0 saturated heterocycles. The Labute approximate surface area is 189 Å². The predicted molar refractivity (Wildman–Crippen MR) is 127 cm³/mol. The molecule has 7 heteroatoms. The molecule has 0 atom stereocenters. The van der Waals surface area contributed by atoms with Gasteiger partial charge in [0.15, 0.2) is 11.6 Å². The van der Waals surface area contributed by atoms with Crippen LogP contribution in [0.4, 0.5) is 5.69 Å². The van der Waals surface area contributed by atoms with Crippen LogP contribution in [0.25, 0.3) is 10.4 Å². The van der Waals surface area contributed by atoms with Crippen LogP contribution in [-0.4, -0.2) is 28.9 Å². The second kappa shape index (κ2) is 8.96. The molecule has 1 aliphatic carbocycles. The van der Waals surface area contributed by atoms with Gasteiger partial charge in [-0.2, -0.15) is 0 Å². The lowest BCUT2D eigenvalue weighted by Gasteiger charge is -2.05. The lowest BCUT2D eigenvalue weighted by Crippen LogP contribution is -2.07. The highest BCUT2D eigenvalue weighted by atomic mass is 32.1. The molecule has 2 aromatic carbocycles. The van der Waals surface area contributed by atoms with Crippen molar-refractivity contribution in [3.05, 3.63) is 74.5 Å². The van der Waals surface area contributed by atoms with Crippen LogP contribution in [-0.2, 0) is 12.8 Å². The Kier molecular flexibility index (Phi) is 6.10. The average molecular weight is 447 g/mol. The number of aryl methyl sites for hydroxylation is 2. The van der Waals surface area contributed by atoms with E-state index in [0.717, 1.165) is 23.3 Å². The van der Waals surface area contributed by atoms with Crippen LogP contribution >= 0.6 is 11.3 Å². The summed E-state index contributed by atoms with van der Waals surface area (Å²) >= 11 is 1.45. The van der Waals surface area contributed by atoms with Crippen molar-refractivity contribution in [3.63, 3.8) is 0 Å². The van der Waals surface area contributed by atoms with E-state index in [2.05, 4.69) is 22.3 Å². The first kappa shape index (κ1) is 21.8. The number of benzene rings is 2. The van der Waals surface area contributed by atoms with E-state index in [9.17, 15) is 19.6 Å². The molecule has 1 heterocycles. The molecule has 3 aromatic rings. The minimum absolute atomic E-state index is 0.0569. The summed E-state index contributed by atoms with van der Waals surface area (Å²) in [4.78, 5) is 40.2. The Bertz CT molecular complexity index is 1270. The van der Waals surface area contributed by atoms with E-state index in [4.69, 9.17) is 0 Å². The van der Waals surface area contributed by atoms with Crippen LogP contribution in [0.3, 0.4) is 0 Å². The quantitative estimate of drug-likeness (QED) is 0.277. The van der Waals surface area contributed by atoms with Gasteiger partial charge in [0.1, 0.15) is 18.0 Å². The minimum Gasteiger partial charge on any atom is -0.506 e. The Balaban J connectivity index is 1.53. The molecule has 1 aromatic heterocycles. The number of rotatable bonds is 7. The second-order valence-electron chi connectivity index (χ2n) is 7.87. The first-order valence-electron chi connectivity index (χ1n) is 10.3. The molecule has 0 amide bonds. The molecule has 0 spiro atoms. The van der Waals surface area contributed by atoms with E-state index < -0.39 is 0 Å². The third-order valence-corrected chi connectivity index (χ3v) is 6.79. The van der Waals surface area contributed by atoms with Gasteiger partial charge in [-0.05, 0) is 73.2 Å². The van der Waals surface area contributed by atoms with Gasteiger partial charge in [0.25, 0.3) is 0 Å². The molecule has 1 N–H and O–H groups in total. The van der Waals surface area contributed by atoms with Crippen LogP contribution in [0.2, 0.25) is 0 Å². The van der Waals surface area contributed by atoms with Gasteiger partial charge >= 0.3 is 0 Å². The number of carbonyl (C=O) groups excluding carboxylic acids is 2. The highest BCUT2D eigenvalue weighted by Gasteiger charge is 2.18. The number of Topliss-reactive ketones (excluding diaryl/α,β-unsaturated/α-hetero) is 2. The monoisotopic (exact) mass is 446 g/mol. The zero-order valence-corrected chi connectivity index (χ0v) is 18.7. The molecule has 1 aliphatic rings. The van der Waals surface area contributed by atoms with Gasteiger partial charge in [0.05, 0.1) is 4.88 Å². The van der Waals surface area contributed by atoms with Crippen molar-refractivity contribution in [1.82, 2.24) is 0 Å². The van der Waals surface area contributed by atoms with Crippen LogP contribution in [0, 0.1) is 4.91 Å². The Morgan fingerprint density at radius 3 is 2.56 bits per heavy atom. The maximum atomic E-state index is 12.6. The van der Waals surface area contributed by atoms with Gasteiger partial charge in [-0.15, -0.1) is 16.2 Å². The fraction of sp³-hybridized carbons (Fsp3) is 0.240. The highest BCUT2D eigenvalue weighted by molar-refractivity contribution is 7.14. The third-order valence-electron chi connectivity index (χ3n) is 5.77. The largest absolute Gasteiger partial charge is 0.506 e. The molecule has 4 rings (SSSR count). The molecule has 6 nitrogen and oxygen atoms in total. The molecule has 32 heavy (non-hydrogen) atoms. The van der Waals surface area contributed by atoms with Crippen molar-refractivity contribution < 1.29 is 14.7 Å². The third kappa shape index (κ3) is 4.16. The standard InChI is InChI=1S/C25H22N2O4S/c1-14(26-12-23(29)18-8-9-20(15(2)28)22(11-18)27-31)21-13-32-25(24(21)30)19-7-6-16-4-3-5-17(16)10-19/h6-11,13,30H,3-5,12H2,1-2H3. The van der Waals surface area contributed by atoms with Crippen molar-refractivity contribution in [3.8, 4) is 16.2 Å². The number of thiophene rings is 1. The van der Waals surface area contributed by atoms with E-state index in [1.165, 1.54) is 54.0 Å². The van der Waals surface area contributed by atoms with Gasteiger partial charge < -0.3 is 5.11 Å². The number of nitrogens with zero attached hydrogens (tertiary/aromatic N) is 2. The summed E-state index contributed by atoms with van der Waals surface area (Å²) < 4.78 is 0. The van der Waals surface area contributed by atoms with Crippen LogP contribution < -0.4 is 0 Å². The summed E-state index contributed by atoms with van der Waals surface area (Å²) in [5, 5.41) is 15.5. The van der Waals surface area contributed by atoms with Crippen LogP contribution in [0.15, 0.2) is 51.9 Å². The van der Waals surface area contributed by atoms with Crippen molar-refractivity contribution >= 4 is 34.3 Å². The van der Waals surface area contributed by atoms with Crippen molar-refractivity contribution in [2.75, 3.05) is 6.54 Å². The number of hydrogen-bond acceptors (Lipinski definition) is 7. The summed E-state index contributed by atoms with van der Waals surface area (Å²) in [6.45, 7) is 2.94. The first-order valence-corrected chi connectivity index (χ1v) is 11.2. The fourth-order valence-electron chi connectivity index (χ4n) is 3.97. The molecule has 0 aliphatic heterocycles. The van der Waals surface area contributed by atoms with E-state index in [1.807, 2.05) is 11.4 Å². The van der Waals surface area contributed by atoms with E-state index in [1.54, 1.807) is 6.92 Å². The van der Waals surface area contributed by atoms with E-state index >= 15 is 0 Å². The Hall–Kier alpha value is -3.45. The molecular formula is C25H22N2O4S. The molecule has 0 fully saturated rings. The molecule has 0 bridgehead atoms. The zero-order chi connectivity index (χ0) is 22.8. The van der Waals surface area contributed by atoms with E-state index in [0.29, 0.717) is 11.3 Å². The second-order valence-corrected chi connectivity index (χ2v) is 8.75. The normalized spacial score (nSPS) is 13.1. The van der Waals surface area contributed by atoms with Gasteiger partial charge in [0.2, 0.25) is 0 Å².